The molecule has 0 spiro atoms. The van der Waals surface area contributed by atoms with Crippen LogP contribution in [0.2, 0.25) is 0 Å². The summed E-state index contributed by atoms with van der Waals surface area (Å²) in [6.45, 7) is 1.54. The van der Waals surface area contributed by atoms with E-state index in [9.17, 15) is 28.3 Å². The lowest BCUT2D eigenvalue weighted by molar-refractivity contribution is -0.140. The average molecular weight is 582 g/mol. The van der Waals surface area contributed by atoms with E-state index in [1.165, 1.54) is 38.5 Å². The van der Waals surface area contributed by atoms with Gasteiger partial charge in [0.25, 0.3) is 5.91 Å². The zero-order valence-corrected chi connectivity index (χ0v) is 23.0. The molecule has 1 fully saturated rings. The highest BCUT2D eigenvalue weighted by Gasteiger charge is 2.59. The van der Waals surface area contributed by atoms with E-state index in [-0.39, 0.29) is 23.8 Å². The lowest BCUT2D eigenvalue weighted by Crippen LogP contribution is -2.41. The molecule has 3 rings (SSSR count). The second-order valence-corrected chi connectivity index (χ2v) is 9.89. The standard InChI is InChI=1S/C27H37F2N5O7/c1-2-3-4-5-6-7-8-9-10-11-14-40-24(38)19-15-18(30-17-31-19)23(37)32-21-12-13-34(26(39)33-21)25-27(28,29)22(36)20(16-35)41-25/h12-13,15,17,20,22,25,35-36H,2-11,14,16H2,1H3,(H,32,33,37,39)/t20-,22-,25-/m1/s1. The molecule has 0 radical (unpaired) electrons. The first-order valence-corrected chi connectivity index (χ1v) is 13.9. The molecule has 41 heavy (non-hydrogen) atoms. The van der Waals surface area contributed by atoms with E-state index in [0.717, 1.165) is 43.9 Å². The number of halogens is 2. The van der Waals surface area contributed by atoms with E-state index >= 15 is 0 Å². The molecule has 1 aliphatic heterocycles. The minimum Gasteiger partial charge on any atom is -0.461 e. The maximum absolute atomic E-state index is 14.3. The number of nitrogens with one attached hydrogen (secondary N) is 1. The Morgan fingerprint density at radius 1 is 1.07 bits per heavy atom. The number of aliphatic hydroxyl groups excluding tert-OH is 2. The summed E-state index contributed by atoms with van der Waals surface area (Å²) in [5.74, 6) is -5.69. The molecule has 3 atom stereocenters. The number of aromatic nitrogens is 4. The van der Waals surface area contributed by atoms with Gasteiger partial charge in [0.15, 0.2) is 11.8 Å². The third-order valence-electron chi connectivity index (χ3n) is 6.72. The van der Waals surface area contributed by atoms with Crippen LogP contribution in [0.3, 0.4) is 0 Å². The number of carbonyl (C=O) groups excluding carboxylic acids is 2. The van der Waals surface area contributed by atoms with Crippen LogP contribution in [0.4, 0.5) is 14.6 Å². The zero-order chi connectivity index (χ0) is 29.8. The Morgan fingerprint density at radius 2 is 1.71 bits per heavy atom. The molecule has 1 aliphatic rings. The SMILES string of the molecule is CCCCCCCCCCCCOC(=O)c1cc(C(=O)Nc2ccn([C@@H]3O[C@H](CO)[C@@H](O)C3(F)F)c(=O)n2)ncn1. The van der Waals surface area contributed by atoms with Crippen molar-refractivity contribution < 1.29 is 38.1 Å². The fourth-order valence-electron chi connectivity index (χ4n) is 4.38. The molecule has 0 unspecified atom stereocenters. The fraction of sp³-hybridized carbons (Fsp3) is 0.630. The van der Waals surface area contributed by atoms with Gasteiger partial charge in [-0.05, 0) is 12.5 Å². The number of nitrogens with zero attached hydrogens (tertiary/aromatic N) is 4. The van der Waals surface area contributed by atoms with E-state index in [1.54, 1.807) is 0 Å². The predicted molar refractivity (Wildman–Crippen MR) is 143 cm³/mol. The van der Waals surface area contributed by atoms with Gasteiger partial charge in [-0.1, -0.05) is 64.7 Å². The van der Waals surface area contributed by atoms with Crippen molar-refractivity contribution in [1.82, 2.24) is 19.5 Å². The summed E-state index contributed by atoms with van der Waals surface area (Å²) in [6.07, 6.45) is 7.27. The molecule has 0 aliphatic carbocycles. The summed E-state index contributed by atoms with van der Waals surface area (Å²) in [7, 11) is 0. The minimum absolute atomic E-state index is 0.127. The van der Waals surface area contributed by atoms with Crippen LogP contribution in [0.15, 0.2) is 29.5 Å². The van der Waals surface area contributed by atoms with Crippen molar-refractivity contribution in [1.29, 1.82) is 0 Å². The maximum atomic E-state index is 14.3. The van der Waals surface area contributed by atoms with E-state index in [2.05, 4.69) is 27.2 Å². The monoisotopic (exact) mass is 581 g/mol. The van der Waals surface area contributed by atoms with Crippen LogP contribution in [-0.4, -0.2) is 73.0 Å². The predicted octanol–water partition coefficient (Wildman–Crippen LogP) is 3.25. The molecule has 1 amide bonds. The first kappa shape index (κ1) is 32.2. The quantitative estimate of drug-likeness (QED) is 0.198. The van der Waals surface area contributed by atoms with Crippen LogP contribution in [0.1, 0.15) is 98.3 Å². The largest absolute Gasteiger partial charge is 0.461 e. The third kappa shape index (κ3) is 8.81. The van der Waals surface area contributed by atoms with Crippen molar-refractivity contribution in [3.05, 3.63) is 46.5 Å². The smallest absolute Gasteiger partial charge is 0.357 e. The highest BCUT2D eigenvalue weighted by atomic mass is 19.3. The lowest BCUT2D eigenvalue weighted by atomic mass is 10.1. The van der Waals surface area contributed by atoms with Gasteiger partial charge in [-0.3, -0.25) is 9.36 Å². The molecule has 2 aromatic rings. The molecule has 3 N–H and O–H groups in total. The van der Waals surface area contributed by atoms with Gasteiger partial charge in [0.05, 0.1) is 13.2 Å². The highest BCUT2D eigenvalue weighted by Crippen LogP contribution is 2.42. The minimum atomic E-state index is -3.87. The van der Waals surface area contributed by atoms with E-state index in [4.69, 9.17) is 14.6 Å². The molecule has 0 aromatic carbocycles. The van der Waals surface area contributed by atoms with Crippen molar-refractivity contribution in [3.63, 3.8) is 0 Å². The number of unbranched alkanes of at least 4 members (excludes halogenated alkanes) is 9. The first-order chi connectivity index (χ1) is 19.7. The topological polar surface area (TPSA) is 166 Å². The number of amides is 1. The van der Waals surface area contributed by atoms with Crippen molar-refractivity contribution >= 4 is 17.7 Å². The third-order valence-corrected chi connectivity index (χ3v) is 6.72. The summed E-state index contributed by atoms with van der Waals surface area (Å²) >= 11 is 0. The summed E-state index contributed by atoms with van der Waals surface area (Å²) in [4.78, 5) is 48.6. The number of esters is 1. The number of carbonyl (C=O) groups is 2. The van der Waals surface area contributed by atoms with Gasteiger partial charge in [-0.2, -0.15) is 13.8 Å². The van der Waals surface area contributed by atoms with Crippen molar-refractivity contribution in [3.8, 4) is 0 Å². The molecular formula is C27H37F2N5O7. The number of hydrogen-bond donors (Lipinski definition) is 3. The maximum Gasteiger partial charge on any atom is 0.357 e. The van der Waals surface area contributed by atoms with Gasteiger partial charge >= 0.3 is 17.6 Å². The number of aliphatic hydroxyl groups is 2. The van der Waals surface area contributed by atoms with Crippen LogP contribution in [-0.2, 0) is 9.47 Å². The Labute approximate surface area is 236 Å². The Bertz CT molecular complexity index is 1210. The summed E-state index contributed by atoms with van der Waals surface area (Å²) < 4.78 is 39.3. The first-order valence-electron chi connectivity index (χ1n) is 13.9. The molecule has 3 heterocycles. The lowest BCUT2D eigenvalue weighted by Gasteiger charge is -2.21. The van der Waals surface area contributed by atoms with Gasteiger partial charge in [-0.15, -0.1) is 0 Å². The van der Waals surface area contributed by atoms with Crippen molar-refractivity contribution in [2.45, 2.75) is 95.5 Å². The summed E-state index contributed by atoms with van der Waals surface area (Å²) in [5.41, 5.74) is -1.54. The number of ether oxygens (including phenoxy) is 2. The van der Waals surface area contributed by atoms with Crippen LogP contribution in [0.25, 0.3) is 0 Å². The number of rotatable bonds is 16. The summed E-state index contributed by atoms with van der Waals surface area (Å²) in [5, 5.41) is 21.1. The number of hydrogen-bond acceptors (Lipinski definition) is 10. The van der Waals surface area contributed by atoms with Gasteiger partial charge in [0.1, 0.15) is 23.9 Å². The molecular weight excluding hydrogens is 544 g/mol. The van der Waals surface area contributed by atoms with Crippen LogP contribution in [0.5, 0.6) is 0 Å². The Kier molecular flexibility index (Phi) is 12.2. The Balaban J connectivity index is 1.47. The average Bonchev–Trinajstić information content (AvgIpc) is 3.19. The van der Waals surface area contributed by atoms with Crippen LogP contribution in [0, 0.1) is 0 Å². The summed E-state index contributed by atoms with van der Waals surface area (Å²) in [6, 6.07) is 2.20. The van der Waals surface area contributed by atoms with Crippen LogP contribution >= 0.6 is 0 Å². The molecule has 2 aromatic heterocycles. The Hall–Kier alpha value is -3.36. The second kappa shape index (κ2) is 15.6. The van der Waals surface area contributed by atoms with Gasteiger partial charge < -0.3 is 25.0 Å². The van der Waals surface area contributed by atoms with Crippen LogP contribution < -0.4 is 11.0 Å². The van der Waals surface area contributed by atoms with Crippen molar-refractivity contribution in [2.75, 3.05) is 18.5 Å². The fourth-order valence-corrected chi connectivity index (χ4v) is 4.38. The molecule has 14 heteroatoms. The normalized spacial score (nSPS) is 19.7. The molecule has 0 bridgehead atoms. The Morgan fingerprint density at radius 3 is 2.32 bits per heavy atom. The molecule has 1 saturated heterocycles. The van der Waals surface area contributed by atoms with E-state index < -0.39 is 48.5 Å². The zero-order valence-electron chi connectivity index (χ0n) is 23.0. The molecule has 12 nitrogen and oxygen atoms in total. The van der Waals surface area contributed by atoms with Gasteiger partial charge in [-0.25, -0.2) is 19.6 Å². The highest BCUT2D eigenvalue weighted by molar-refractivity contribution is 6.03. The van der Waals surface area contributed by atoms with Gasteiger partial charge in [0, 0.05) is 12.3 Å². The van der Waals surface area contributed by atoms with Crippen molar-refractivity contribution in [2.24, 2.45) is 0 Å². The second-order valence-electron chi connectivity index (χ2n) is 9.89. The number of anilines is 1. The van der Waals surface area contributed by atoms with Gasteiger partial charge in [0.2, 0.25) is 6.23 Å². The molecule has 0 saturated carbocycles. The molecule has 226 valence electrons. The van der Waals surface area contributed by atoms with E-state index in [0.29, 0.717) is 11.0 Å². The van der Waals surface area contributed by atoms with E-state index in [1.807, 2.05) is 0 Å². The number of alkyl halides is 2.